The Morgan fingerprint density at radius 2 is 1.78 bits per heavy atom. The van der Waals surface area contributed by atoms with E-state index in [0.29, 0.717) is 29.7 Å². The van der Waals surface area contributed by atoms with Crippen LogP contribution in [0.1, 0.15) is 36.8 Å². The third-order valence-electron chi connectivity index (χ3n) is 7.24. The summed E-state index contributed by atoms with van der Waals surface area (Å²) in [7, 11) is 1.71. The zero-order valence-corrected chi connectivity index (χ0v) is 20.9. The van der Waals surface area contributed by atoms with Gasteiger partial charge >= 0.3 is 0 Å². The highest BCUT2D eigenvalue weighted by Gasteiger charge is 2.25. The maximum Gasteiger partial charge on any atom is 0.277 e. The fourth-order valence-electron chi connectivity index (χ4n) is 5.04. The number of piperidine rings is 1. The predicted octanol–water partition coefficient (Wildman–Crippen LogP) is 4.69. The Morgan fingerprint density at radius 3 is 2.53 bits per heavy atom. The summed E-state index contributed by atoms with van der Waals surface area (Å²) >= 11 is 0. The summed E-state index contributed by atoms with van der Waals surface area (Å²) in [5.41, 5.74) is 2.58. The van der Waals surface area contributed by atoms with Crippen LogP contribution in [0, 0.1) is 0 Å². The van der Waals surface area contributed by atoms with E-state index in [4.69, 9.17) is 4.74 Å². The lowest BCUT2D eigenvalue weighted by molar-refractivity contribution is -0.121. The second-order valence-corrected chi connectivity index (χ2v) is 9.74. The Balaban J connectivity index is 1.14. The largest absolute Gasteiger partial charge is 0.490 e. The number of amidine groups is 1. The van der Waals surface area contributed by atoms with E-state index < -0.39 is 6.10 Å². The van der Waals surface area contributed by atoms with Crippen LogP contribution in [0.25, 0.3) is 16.8 Å². The Morgan fingerprint density at radius 1 is 1.06 bits per heavy atom. The number of carbonyl (C=O) groups is 1. The van der Waals surface area contributed by atoms with Gasteiger partial charge in [0.05, 0.1) is 0 Å². The molecule has 6 heteroatoms. The van der Waals surface area contributed by atoms with Gasteiger partial charge in [0, 0.05) is 19.2 Å². The smallest absolute Gasteiger partial charge is 0.277 e. The molecule has 5 rings (SSSR count). The first-order chi connectivity index (χ1) is 17.5. The number of likely N-dealkylation sites (tertiary alicyclic amines) is 1. The van der Waals surface area contributed by atoms with E-state index in [0.717, 1.165) is 31.5 Å². The molecule has 2 aliphatic rings. The molecule has 2 aliphatic heterocycles. The Hall–Kier alpha value is -3.48. The zero-order chi connectivity index (χ0) is 25.1. The van der Waals surface area contributed by atoms with Gasteiger partial charge in [-0.05, 0) is 67.3 Å². The third kappa shape index (κ3) is 5.35. The van der Waals surface area contributed by atoms with Crippen molar-refractivity contribution < 1.29 is 14.6 Å². The van der Waals surface area contributed by atoms with E-state index in [9.17, 15) is 9.90 Å². The molecule has 0 bridgehead atoms. The molecular formula is C30H33N3O3. The molecule has 0 radical (unpaired) electrons. The first-order valence-corrected chi connectivity index (χ1v) is 12.6. The maximum atomic E-state index is 12.3. The van der Waals surface area contributed by atoms with Crippen LogP contribution in [-0.4, -0.2) is 66.0 Å². The van der Waals surface area contributed by atoms with E-state index in [1.807, 2.05) is 31.2 Å². The summed E-state index contributed by atoms with van der Waals surface area (Å²) in [6.07, 6.45) is 3.33. The molecule has 1 fully saturated rings. The van der Waals surface area contributed by atoms with Crippen LogP contribution < -0.4 is 4.74 Å². The van der Waals surface area contributed by atoms with Crippen molar-refractivity contribution in [3.05, 3.63) is 83.6 Å². The van der Waals surface area contributed by atoms with E-state index in [2.05, 4.69) is 52.4 Å². The standard InChI is InChI=1S/C30H33N3O3/c1-21-31-28(30(35)32(21)2)18-26-9-5-6-10-29(26)36-20-27(34)19-33-15-13-23(14-16-33)25-12-11-22-7-3-4-8-24(22)17-25/h3-12,17-18,23,27,34H,13-16,19-20H2,1-2H3/b28-18-/t27-/m0/s1. The molecule has 1 atom stereocenters. The summed E-state index contributed by atoms with van der Waals surface area (Å²) in [5.74, 6) is 1.73. The summed E-state index contributed by atoms with van der Waals surface area (Å²) in [6.45, 7) is 4.51. The van der Waals surface area contributed by atoms with Crippen LogP contribution in [0.4, 0.5) is 0 Å². The molecule has 0 saturated carbocycles. The Labute approximate surface area is 212 Å². The van der Waals surface area contributed by atoms with Crippen LogP contribution >= 0.6 is 0 Å². The second kappa shape index (κ2) is 10.6. The number of amides is 1. The lowest BCUT2D eigenvalue weighted by atomic mass is 9.88. The third-order valence-corrected chi connectivity index (χ3v) is 7.24. The molecule has 1 N–H and O–H groups in total. The van der Waals surface area contributed by atoms with Gasteiger partial charge in [0.15, 0.2) is 0 Å². The van der Waals surface area contributed by atoms with Crippen molar-refractivity contribution in [1.82, 2.24) is 9.80 Å². The number of β-amino-alcohol motifs (C(OH)–C–C–N with tert-alkyl or cyclic N) is 1. The average molecular weight is 484 g/mol. The van der Waals surface area contributed by atoms with Gasteiger partial charge in [-0.15, -0.1) is 0 Å². The van der Waals surface area contributed by atoms with Crippen LogP contribution in [0.5, 0.6) is 5.75 Å². The molecule has 186 valence electrons. The fourth-order valence-corrected chi connectivity index (χ4v) is 5.04. The summed E-state index contributed by atoms with van der Waals surface area (Å²) < 4.78 is 5.98. The van der Waals surface area contributed by atoms with Crippen molar-refractivity contribution in [1.29, 1.82) is 0 Å². The normalized spacial score (nSPS) is 19.2. The fraction of sp³-hybridized carbons (Fsp3) is 0.333. The van der Waals surface area contributed by atoms with Crippen LogP contribution in [0.15, 0.2) is 77.4 Å². The number of nitrogens with zero attached hydrogens (tertiary/aromatic N) is 3. The van der Waals surface area contributed by atoms with E-state index >= 15 is 0 Å². The van der Waals surface area contributed by atoms with Crippen LogP contribution in [-0.2, 0) is 4.79 Å². The van der Waals surface area contributed by atoms with E-state index in [-0.39, 0.29) is 12.5 Å². The number of aliphatic hydroxyl groups is 1. The minimum absolute atomic E-state index is 0.130. The molecule has 0 aromatic heterocycles. The van der Waals surface area contributed by atoms with Crippen molar-refractivity contribution in [2.24, 2.45) is 4.99 Å². The zero-order valence-electron chi connectivity index (χ0n) is 20.9. The van der Waals surface area contributed by atoms with Gasteiger partial charge in [0.2, 0.25) is 0 Å². The van der Waals surface area contributed by atoms with Crippen molar-refractivity contribution in [3.8, 4) is 5.75 Å². The molecule has 3 aromatic rings. The van der Waals surface area contributed by atoms with E-state index in [1.165, 1.54) is 21.2 Å². The number of carbonyl (C=O) groups excluding carboxylic acids is 1. The lowest BCUT2D eigenvalue weighted by Crippen LogP contribution is -2.40. The predicted molar refractivity (Wildman–Crippen MR) is 144 cm³/mol. The van der Waals surface area contributed by atoms with Crippen molar-refractivity contribution in [2.45, 2.75) is 31.8 Å². The van der Waals surface area contributed by atoms with Crippen molar-refractivity contribution >= 4 is 28.6 Å². The average Bonchev–Trinajstić information content (AvgIpc) is 3.14. The summed E-state index contributed by atoms with van der Waals surface area (Å²) in [4.78, 5) is 20.5. The molecule has 0 unspecified atom stereocenters. The molecule has 36 heavy (non-hydrogen) atoms. The number of ether oxygens (including phenoxy) is 1. The monoisotopic (exact) mass is 483 g/mol. The minimum atomic E-state index is -0.595. The molecule has 1 amide bonds. The molecule has 6 nitrogen and oxygen atoms in total. The summed E-state index contributed by atoms with van der Waals surface area (Å²) in [5, 5.41) is 13.3. The topological polar surface area (TPSA) is 65.4 Å². The number of aliphatic imine (C=N–C) groups is 1. The number of rotatable bonds is 7. The van der Waals surface area contributed by atoms with Crippen LogP contribution in [0.3, 0.4) is 0 Å². The molecule has 1 saturated heterocycles. The van der Waals surface area contributed by atoms with Crippen molar-refractivity contribution in [3.63, 3.8) is 0 Å². The highest BCUT2D eigenvalue weighted by atomic mass is 16.5. The van der Waals surface area contributed by atoms with Gasteiger partial charge in [-0.25, -0.2) is 4.99 Å². The first kappa shape index (κ1) is 24.2. The van der Waals surface area contributed by atoms with Gasteiger partial charge in [-0.1, -0.05) is 60.7 Å². The minimum Gasteiger partial charge on any atom is -0.490 e. The number of hydrogen-bond donors (Lipinski definition) is 1. The molecule has 0 aliphatic carbocycles. The highest BCUT2D eigenvalue weighted by molar-refractivity contribution is 6.13. The Kier molecular flexibility index (Phi) is 7.16. The molecule has 2 heterocycles. The SMILES string of the molecule is CC1=N/C(=C\c2ccccc2OC[C@@H](O)CN2CCC(c3ccc4ccccc4c3)CC2)C(=O)N1C. The number of hydrogen-bond acceptors (Lipinski definition) is 5. The molecular weight excluding hydrogens is 450 g/mol. The van der Waals surface area contributed by atoms with Crippen molar-refractivity contribution in [2.75, 3.05) is 33.3 Å². The van der Waals surface area contributed by atoms with Gasteiger partial charge in [0.25, 0.3) is 5.91 Å². The van der Waals surface area contributed by atoms with Gasteiger partial charge < -0.3 is 14.7 Å². The number of para-hydroxylation sites is 1. The highest BCUT2D eigenvalue weighted by Crippen LogP contribution is 2.30. The van der Waals surface area contributed by atoms with Gasteiger partial charge in [-0.3, -0.25) is 9.69 Å². The number of fused-ring (bicyclic) bond motifs is 1. The lowest BCUT2D eigenvalue weighted by Gasteiger charge is -2.33. The van der Waals surface area contributed by atoms with Gasteiger partial charge in [0.1, 0.15) is 30.0 Å². The molecule has 0 spiro atoms. The number of benzene rings is 3. The first-order valence-electron chi connectivity index (χ1n) is 12.6. The number of aliphatic hydroxyl groups excluding tert-OH is 1. The maximum absolute atomic E-state index is 12.3. The Bertz CT molecular complexity index is 1310. The van der Waals surface area contributed by atoms with Crippen LogP contribution in [0.2, 0.25) is 0 Å². The quantitative estimate of drug-likeness (QED) is 0.495. The summed E-state index contributed by atoms with van der Waals surface area (Å²) in [6, 6.07) is 22.9. The van der Waals surface area contributed by atoms with E-state index in [1.54, 1.807) is 13.1 Å². The van der Waals surface area contributed by atoms with Gasteiger partial charge in [-0.2, -0.15) is 0 Å². The second-order valence-electron chi connectivity index (χ2n) is 9.74. The molecule has 3 aromatic carbocycles. The number of likely N-dealkylation sites (N-methyl/N-ethyl adjacent to an activating group) is 1.